The zero-order valence-corrected chi connectivity index (χ0v) is 11.3. The highest BCUT2D eigenvalue weighted by molar-refractivity contribution is 5.74. The maximum atomic E-state index is 11.6. The molecule has 2 unspecified atom stereocenters. The van der Waals surface area contributed by atoms with Gasteiger partial charge in [-0.2, -0.15) is 0 Å². The number of aliphatic hydroxyl groups excluding tert-OH is 1. The van der Waals surface area contributed by atoms with Crippen LogP contribution in [0.5, 0.6) is 0 Å². The van der Waals surface area contributed by atoms with Crippen molar-refractivity contribution < 1.29 is 9.90 Å². The average molecular weight is 242 g/mol. The Bertz CT molecular complexity index is 254. The highest BCUT2D eigenvalue weighted by Gasteiger charge is 2.32. The molecular formula is C13H26N2O2. The number of rotatable bonds is 4. The Labute approximate surface area is 104 Å². The van der Waals surface area contributed by atoms with E-state index in [9.17, 15) is 4.79 Å². The van der Waals surface area contributed by atoms with E-state index in [1.165, 1.54) is 6.42 Å². The number of carbonyl (C=O) groups excluding carboxylic acids is 1. The second-order valence-electron chi connectivity index (χ2n) is 5.97. The van der Waals surface area contributed by atoms with Crippen LogP contribution in [-0.2, 0) is 0 Å². The van der Waals surface area contributed by atoms with Crippen LogP contribution in [0, 0.1) is 11.3 Å². The quantitative estimate of drug-likeness (QED) is 0.659. The van der Waals surface area contributed by atoms with Crippen molar-refractivity contribution in [3.05, 3.63) is 0 Å². The maximum Gasteiger partial charge on any atom is 0.315 e. The molecule has 1 saturated carbocycles. The molecule has 2 amide bonds. The molecule has 0 aromatic carbocycles. The molecule has 0 aromatic heterocycles. The minimum atomic E-state index is -0.102. The Morgan fingerprint density at radius 3 is 2.76 bits per heavy atom. The molecule has 100 valence electrons. The van der Waals surface area contributed by atoms with E-state index in [0.717, 1.165) is 12.8 Å². The van der Waals surface area contributed by atoms with Crippen molar-refractivity contribution in [3.63, 3.8) is 0 Å². The largest absolute Gasteiger partial charge is 0.396 e. The summed E-state index contributed by atoms with van der Waals surface area (Å²) in [4.78, 5) is 11.6. The fourth-order valence-corrected chi connectivity index (χ4v) is 2.66. The van der Waals surface area contributed by atoms with Crippen molar-refractivity contribution in [2.45, 2.75) is 52.5 Å². The number of hydrogen-bond donors (Lipinski definition) is 3. The summed E-state index contributed by atoms with van der Waals surface area (Å²) >= 11 is 0. The molecule has 0 radical (unpaired) electrons. The van der Waals surface area contributed by atoms with Crippen LogP contribution < -0.4 is 10.6 Å². The molecule has 0 spiro atoms. The van der Waals surface area contributed by atoms with E-state index in [-0.39, 0.29) is 18.7 Å². The van der Waals surface area contributed by atoms with Crippen molar-refractivity contribution in [3.8, 4) is 0 Å². The molecule has 3 N–H and O–H groups in total. The van der Waals surface area contributed by atoms with Crippen LogP contribution in [0.15, 0.2) is 0 Å². The summed E-state index contributed by atoms with van der Waals surface area (Å²) in [6.07, 6.45) is 4.00. The monoisotopic (exact) mass is 242 g/mol. The van der Waals surface area contributed by atoms with Gasteiger partial charge in [0.2, 0.25) is 0 Å². The lowest BCUT2D eigenvalue weighted by molar-refractivity contribution is 0.149. The standard InChI is InChI=1S/C13H26N2O2/c1-10-9-13(2,3)6-5-11(10)15-12(17)14-7-4-8-16/h10-11,16H,4-9H2,1-3H3,(H2,14,15,17). The molecule has 1 rings (SSSR count). The highest BCUT2D eigenvalue weighted by atomic mass is 16.3. The van der Waals surface area contributed by atoms with Crippen molar-refractivity contribution in [2.75, 3.05) is 13.2 Å². The normalized spacial score (nSPS) is 27.5. The topological polar surface area (TPSA) is 61.4 Å². The Morgan fingerprint density at radius 1 is 1.47 bits per heavy atom. The zero-order chi connectivity index (χ0) is 12.9. The van der Waals surface area contributed by atoms with E-state index in [1.54, 1.807) is 0 Å². The van der Waals surface area contributed by atoms with Gasteiger partial charge in [-0.3, -0.25) is 0 Å². The Kier molecular flexibility index (Phi) is 5.25. The Morgan fingerprint density at radius 2 is 2.18 bits per heavy atom. The van der Waals surface area contributed by atoms with Crippen LogP contribution in [-0.4, -0.2) is 30.3 Å². The first-order valence-corrected chi connectivity index (χ1v) is 6.60. The molecule has 0 bridgehead atoms. The van der Waals surface area contributed by atoms with E-state index in [2.05, 4.69) is 31.4 Å². The van der Waals surface area contributed by atoms with Gasteiger partial charge in [0.05, 0.1) is 0 Å². The minimum absolute atomic E-state index is 0.102. The van der Waals surface area contributed by atoms with E-state index < -0.39 is 0 Å². The molecule has 2 atom stereocenters. The molecule has 0 heterocycles. The number of nitrogens with one attached hydrogen (secondary N) is 2. The molecule has 17 heavy (non-hydrogen) atoms. The predicted octanol–water partition coefficient (Wildman–Crippen LogP) is 1.88. The van der Waals surface area contributed by atoms with Gasteiger partial charge in [-0.15, -0.1) is 0 Å². The minimum Gasteiger partial charge on any atom is -0.396 e. The van der Waals surface area contributed by atoms with Gasteiger partial charge in [0.1, 0.15) is 0 Å². The maximum absolute atomic E-state index is 11.6. The Balaban J connectivity index is 2.29. The lowest BCUT2D eigenvalue weighted by Crippen LogP contribution is -2.48. The van der Waals surface area contributed by atoms with Gasteiger partial charge in [-0.25, -0.2) is 4.79 Å². The van der Waals surface area contributed by atoms with Gasteiger partial charge in [-0.05, 0) is 37.0 Å². The van der Waals surface area contributed by atoms with Crippen LogP contribution in [0.25, 0.3) is 0 Å². The molecule has 4 heteroatoms. The van der Waals surface area contributed by atoms with E-state index >= 15 is 0 Å². The van der Waals surface area contributed by atoms with Crippen molar-refractivity contribution in [2.24, 2.45) is 11.3 Å². The van der Waals surface area contributed by atoms with Crippen LogP contribution in [0.2, 0.25) is 0 Å². The van der Waals surface area contributed by atoms with Crippen LogP contribution in [0.4, 0.5) is 4.79 Å². The van der Waals surface area contributed by atoms with Crippen LogP contribution >= 0.6 is 0 Å². The summed E-state index contributed by atoms with van der Waals surface area (Å²) < 4.78 is 0. The number of carbonyl (C=O) groups is 1. The molecule has 0 saturated heterocycles. The summed E-state index contributed by atoms with van der Waals surface area (Å²) in [7, 11) is 0. The predicted molar refractivity (Wildman–Crippen MR) is 68.8 cm³/mol. The number of amides is 2. The van der Waals surface area contributed by atoms with E-state index in [1.807, 2.05) is 0 Å². The fourth-order valence-electron chi connectivity index (χ4n) is 2.66. The van der Waals surface area contributed by atoms with Crippen LogP contribution in [0.3, 0.4) is 0 Å². The third kappa shape index (κ3) is 4.94. The van der Waals surface area contributed by atoms with Crippen molar-refractivity contribution >= 4 is 6.03 Å². The molecule has 1 fully saturated rings. The summed E-state index contributed by atoms with van der Waals surface area (Å²) in [5.41, 5.74) is 0.408. The third-order valence-electron chi connectivity index (χ3n) is 3.63. The Hall–Kier alpha value is -0.770. The molecular weight excluding hydrogens is 216 g/mol. The van der Waals surface area contributed by atoms with Crippen molar-refractivity contribution in [1.29, 1.82) is 0 Å². The highest BCUT2D eigenvalue weighted by Crippen LogP contribution is 2.38. The van der Waals surface area contributed by atoms with E-state index in [4.69, 9.17) is 5.11 Å². The second kappa shape index (κ2) is 6.24. The zero-order valence-electron chi connectivity index (χ0n) is 11.3. The first-order chi connectivity index (χ1) is 7.94. The number of hydrogen-bond acceptors (Lipinski definition) is 2. The summed E-state index contributed by atoms with van der Waals surface area (Å²) in [5.74, 6) is 0.530. The smallest absolute Gasteiger partial charge is 0.315 e. The molecule has 1 aliphatic rings. The number of urea groups is 1. The molecule has 0 aromatic rings. The van der Waals surface area contributed by atoms with Gasteiger partial charge >= 0.3 is 6.03 Å². The summed E-state index contributed by atoms with van der Waals surface area (Å²) in [5, 5.41) is 14.4. The first kappa shape index (κ1) is 14.3. The van der Waals surface area contributed by atoms with Gasteiger partial charge in [0, 0.05) is 19.2 Å². The molecule has 4 nitrogen and oxygen atoms in total. The molecule has 0 aliphatic heterocycles. The van der Waals surface area contributed by atoms with Crippen LogP contribution in [0.1, 0.15) is 46.5 Å². The lowest BCUT2D eigenvalue weighted by Gasteiger charge is -2.39. The van der Waals surface area contributed by atoms with Crippen molar-refractivity contribution in [1.82, 2.24) is 10.6 Å². The van der Waals surface area contributed by atoms with Gasteiger partial charge < -0.3 is 15.7 Å². The van der Waals surface area contributed by atoms with Gasteiger partial charge in [-0.1, -0.05) is 20.8 Å². The van der Waals surface area contributed by atoms with Gasteiger partial charge in [0.15, 0.2) is 0 Å². The number of aliphatic hydroxyl groups is 1. The van der Waals surface area contributed by atoms with E-state index in [0.29, 0.717) is 24.3 Å². The third-order valence-corrected chi connectivity index (χ3v) is 3.63. The lowest BCUT2D eigenvalue weighted by atomic mass is 9.70. The second-order valence-corrected chi connectivity index (χ2v) is 5.97. The van der Waals surface area contributed by atoms with Gasteiger partial charge in [0.25, 0.3) is 0 Å². The summed E-state index contributed by atoms with van der Waals surface area (Å²) in [6, 6.07) is 0.187. The first-order valence-electron chi connectivity index (χ1n) is 6.60. The summed E-state index contributed by atoms with van der Waals surface area (Å²) in [6.45, 7) is 7.45. The molecule has 1 aliphatic carbocycles. The average Bonchev–Trinajstić information content (AvgIpc) is 2.22. The fraction of sp³-hybridized carbons (Fsp3) is 0.923. The SMILES string of the molecule is CC1CC(C)(C)CCC1NC(=O)NCCCO.